The first kappa shape index (κ1) is 17.8. The minimum Gasteiger partial charge on any atom is -0.381 e. The third kappa shape index (κ3) is 4.22. The monoisotopic (exact) mass is 364 g/mol. The highest BCUT2D eigenvalue weighted by atomic mass is 16.5. The van der Waals surface area contributed by atoms with Crippen LogP contribution in [0.1, 0.15) is 37.1 Å². The molecule has 27 heavy (non-hydrogen) atoms. The van der Waals surface area contributed by atoms with Crippen molar-refractivity contribution in [2.24, 2.45) is 5.92 Å². The summed E-state index contributed by atoms with van der Waals surface area (Å²) in [5, 5.41) is 5.46. The van der Waals surface area contributed by atoms with Gasteiger partial charge in [0.25, 0.3) is 0 Å². The number of Topliss-reactive ketones (excluding diaryl/α,β-unsaturated/α-hetero) is 1. The van der Waals surface area contributed by atoms with Crippen molar-refractivity contribution in [1.82, 2.24) is 19.7 Å². The molecule has 1 aliphatic rings. The van der Waals surface area contributed by atoms with Crippen molar-refractivity contribution in [3.8, 4) is 5.69 Å². The van der Waals surface area contributed by atoms with Crippen molar-refractivity contribution in [3.05, 3.63) is 48.2 Å². The third-order valence-electron chi connectivity index (χ3n) is 5.11. The van der Waals surface area contributed by atoms with E-state index in [1.807, 2.05) is 36.0 Å². The van der Waals surface area contributed by atoms with Gasteiger partial charge >= 0.3 is 0 Å². The highest BCUT2D eigenvalue weighted by molar-refractivity contribution is 5.83. The molecule has 0 aromatic carbocycles. The maximum Gasteiger partial charge on any atom is 0.138 e. The van der Waals surface area contributed by atoms with Crippen LogP contribution in [-0.4, -0.2) is 38.7 Å². The van der Waals surface area contributed by atoms with E-state index in [-0.39, 0.29) is 5.78 Å². The summed E-state index contributed by atoms with van der Waals surface area (Å²) in [6.45, 7) is 3.68. The molecule has 6 nitrogen and oxygen atoms in total. The first-order chi connectivity index (χ1) is 13.2. The molecule has 6 heteroatoms. The fourth-order valence-electron chi connectivity index (χ4n) is 3.63. The van der Waals surface area contributed by atoms with Gasteiger partial charge in [0.2, 0.25) is 0 Å². The summed E-state index contributed by atoms with van der Waals surface area (Å²) < 4.78 is 7.24. The normalized spacial score (nSPS) is 16.9. The number of aromatic nitrogens is 4. The van der Waals surface area contributed by atoms with E-state index in [4.69, 9.17) is 4.74 Å². The molecule has 3 aromatic heterocycles. The molecule has 0 spiro atoms. The molecule has 4 rings (SSSR count). The molecule has 1 saturated heterocycles. The molecule has 0 N–H and O–H groups in total. The molecule has 1 fully saturated rings. The Morgan fingerprint density at radius 1 is 1.30 bits per heavy atom. The topological polar surface area (TPSA) is 69.9 Å². The number of fused-ring (bicyclic) bond motifs is 1. The molecule has 0 aliphatic carbocycles. The van der Waals surface area contributed by atoms with Gasteiger partial charge in [-0.15, -0.1) is 0 Å². The predicted octanol–water partition coefficient (Wildman–Crippen LogP) is 3.44. The summed E-state index contributed by atoms with van der Waals surface area (Å²) in [4.78, 5) is 21.0. The van der Waals surface area contributed by atoms with E-state index < -0.39 is 0 Å². The molecule has 1 aliphatic heterocycles. The Balaban J connectivity index is 1.40. The summed E-state index contributed by atoms with van der Waals surface area (Å²) in [7, 11) is 0. The van der Waals surface area contributed by atoms with Crippen LogP contribution in [0, 0.1) is 12.8 Å². The Bertz CT molecular complexity index is 944. The Morgan fingerprint density at radius 2 is 2.22 bits per heavy atom. The van der Waals surface area contributed by atoms with Gasteiger partial charge in [-0.05, 0) is 50.3 Å². The van der Waals surface area contributed by atoms with Gasteiger partial charge in [0.05, 0.1) is 23.6 Å². The van der Waals surface area contributed by atoms with E-state index in [0.29, 0.717) is 18.8 Å². The van der Waals surface area contributed by atoms with Gasteiger partial charge in [-0.2, -0.15) is 5.10 Å². The molecular weight excluding hydrogens is 340 g/mol. The lowest BCUT2D eigenvalue weighted by molar-refractivity contribution is -0.118. The summed E-state index contributed by atoms with van der Waals surface area (Å²) in [5.41, 5.74) is 3.63. The molecule has 3 aromatic rings. The van der Waals surface area contributed by atoms with E-state index in [9.17, 15) is 4.79 Å². The second-order valence-corrected chi connectivity index (χ2v) is 7.28. The largest absolute Gasteiger partial charge is 0.381 e. The molecule has 140 valence electrons. The van der Waals surface area contributed by atoms with Crippen LogP contribution < -0.4 is 0 Å². The number of carbonyl (C=O) groups is 1. The molecule has 0 bridgehead atoms. The number of ketones is 1. The van der Waals surface area contributed by atoms with Crippen molar-refractivity contribution < 1.29 is 9.53 Å². The number of aryl methyl sites for hydroxylation is 1. The molecule has 0 amide bonds. The lowest BCUT2D eigenvalue weighted by Crippen LogP contribution is -2.06. The predicted molar refractivity (Wildman–Crippen MR) is 103 cm³/mol. The standard InChI is InChI=1S/C21H24N4O2/c1-15-9-19(5-7-22-15)25-21-13-23-18(10-17(21)12-24-25)11-20(26)4-2-3-16-6-8-27-14-16/h5,7,9-10,12-13,16H,2-4,6,8,11,14H2,1H3. The van der Waals surface area contributed by atoms with Crippen molar-refractivity contribution in [3.63, 3.8) is 0 Å². The number of rotatable bonds is 7. The molecule has 0 radical (unpaired) electrons. The molecule has 1 atom stereocenters. The van der Waals surface area contributed by atoms with E-state index in [1.54, 1.807) is 12.4 Å². The van der Waals surface area contributed by atoms with E-state index >= 15 is 0 Å². The van der Waals surface area contributed by atoms with Crippen LogP contribution in [0.25, 0.3) is 16.6 Å². The number of hydrogen-bond donors (Lipinski definition) is 0. The summed E-state index contributed by atoms with van der Waals surface area (Å²) in [6.07, 6.45) is 9.55. The molecule has 0 saturated carbocycles. The number of nitrogens with zero attached hydrogens (tertiary/aromatic N) is 4. The van der Waals surface area contributed by atoms with Crippen LogP contribution in [0.15, 0.2) is 36.8 Å². The Morgan fingerprint density at radius 3 is 3.04 bits per heavy atom. The summed E-state index contributed by atoms with van der Waals surface area (Å²) in [6, 6.07) is 5.88. The quantitative estimate of drug-likeness (QED) is 0.642. The molecule has 4 heterocycles. The van der Waals surface area contributed by atoms with Gasteiger partial charge in [-0.1, -0.05) is 0 Å². The van der Waals surface area contributed by atoms with Crippen LogP contribution in [0.3, 0.4) is 0 Å². The second kappa shape index (κ2) is 7.96. The lowest BCUT2D eigenvalue weighted by Gasteiger charge is -2.07. The van der Waals surface area contributed by atoms with E-state index in [2.05, 4.69) is 15.1 Å². The SMILES string of the molecule is Cc1cc(-n2ncc3cc(CC(=O)CCCC4CCOC4)ncc32)ccn1. The smallest absolute Gasteiger partial charge is 0.138 e. The minimum atomic E-state index is 0.248. The minimum absolute atomic E-state index is 0.248. The van der Waals surface area contributed by atoms with E-state index in [1.165, 1.54) is 0 Å². The second-order valence-electron chi connectivity index (χ2n) is 7.28. The third-order valence-corrected chi connectivity index (χ3v) is 5.11. The fraction of sp³-hybridized carbons (Fsp3) is 0.429. The first-order valence-electron chi connectivity index (χ1n) is 9.54. The summed E-state index contributed by atoms with van der Waals surface area (Å²) in [5.74, 6) is 0.882. The highest BCUT2D eigenvalue weighted by Crippen LogP contribution is 2.21. The van der Waals surface area contributed by atoms with Crippen molar-refractivity contribution in [1.29, 1.82) is 0 Å². The maximum absolute atomic E-state index is 12.3. The van der Waals surface area contributed by atoms with Crippen molar-refractivity contribution in [2.45, 2.75) is 39.0 Å². The molecule has 1 unspecified atom stereocenters. The van der Waals surface area contributed by atoms with Gasteiger partial charge in [-0.3, -0.25) is 14.8 Å². The van der Waals surface area contributed by atoms with Gasteiger partial charge in [-0.25, -0.2) is 4.68 Å². The number of hydrogen-bond acceptors (Lipinski definition) is 5. The zero-order valence-corrected chi connectivity index (χ0v) is 15.6. The number of pyridine rings is 2. The maximum atomic E-state index is 12.3. The Labute approximate surface area is 158 Å². The molecular formula is C21H24N4O2. The van der Waals surface area contributed by atoms with Crippen LogP contribution in [0.2, 0.25) is 0 Å². The van der Waals surface area contributed by atoms with Crippen LogP contribution >= 0.6 is 0 Å². The average molecular weight is 364 g/mol. The highest BCUT2D eigenvalue weighted by Gasteiger charge is 2.16. The Kier molecular flexibility index (Phi) is 5.25. The van der Waals surface area contributed by atoms with Crippen LogP contribution in [-0.2, 0) is 16.0 Å². The summed E-state index contributed by atoms with van der Waals surface area (Å²) >= 11 is 0. The number of carbonyl (C=O) groups excluding carboxylic acids is 1. The fourth-order valence-corrected chi connectivity index (χ4v) is 3.63. The Hall–Kier alpha value is -2.60. The first-order valence-corrected chi connectivity index (χ1v) is 9.54. The number of ether oxygens (including phenoxy) is 1. The van der Waals surface area contributed by atoms with Gasteiger partial charge in [0.1, 0.15) is 5.78 Å². The van der Waals surface area contributed by atoms with Crippen molar-refractivity contribution in [2.75, 3.05) is 13.2 Å². The zero-order valence-electron chi connectivity index (χ0n) is 15.6. The van der Waals surface area contributed by atoms with E-state index in [0.717, 1.165) is 60.5 Å². The van der Waals surface area contributed by atoms with Crippen molar-refractivity contribution >= 4 is 16.7 Å². The zero-order chi connectivity index (χ0) is 18.6. The average Bonchev–Trinajstić information content (AvgIpc) is 3.31. The van der Waals surface area contributed by atoms with Crippen LogP contribution in [0.5, 0.6) is 0 Å². The van der Waals surface area contributed by atoms with Gasteiger partial charge < -0.3 is 4.74 Å². The van der Waals surface area contributed by atoms with Crippen LogP contribution in [0.4, 0.5) is 0 Å². The lowest BCUT2D eigenvalue weighted by atomic mass is 9.99. The van der Waals surface area contributed by atoms with Gasteiger partial charge in [0, 0.05) is 49.0 Å². The van der Waals surface area contributed by atoms with Gasteiger partial charge in [0.15, 0.2) is 0 Å².